The fourth-order valence-corrected chi connectivity index (χ4v) is 3.69. The van der Waals surface area contributed by atoms with E-state index in [0.29, 0.717) is 5.41 Å². The van der Waals surface area contributed by atoms with Gasteiger partial charge in [-0.3, -0.25) is 0 Å². The van der Waals surface area contributed by atoms with Gasteiger partial charge >= 0.3 is 0 Å². The lowest BCUT2D eigenvalue weighted by Gasteiger charge is -2.25. The van der Waals surface area contributed by atoms with Gasteiger partial charge in [-0.2, -0.15) is 0 Å². The molecule has 1 saturated carbocycles. The van der Waals surface area contributed by atoms with Crippen LogP contribution in [-0.4, -0.2) is 9.70 Å². The summed E-state index contributed by atoms with van der Waals surface area (Å²) in [6, 6.07) is 2.16. The highest BCUT2D eigenvalue weighted by atomic mass is 79.9. The van der Waals surface area contributed by atoms with Gasteiger partial charge in [0, 0.05) is 16.4 Å². The monoisotopic (exact) mass is 259 g/mol. The first-order chi connectivity index (χ1) is 6.35. The van der Waals surface area contributed by atoms with Gasteiger partial charge in [-0.05, 0) is 42.3 Å². The predicted octanol–water partition coefficient (Wildman–Crippen LogP) is 3.64. The zero-order chi connectivity index (χ0) is 9.15. The molecule has 2 rings (SSSR count). The first kappa shape index (κ1) is 9.66. The van der Waals surface area contributed by atoms with Gasteiger partial charge in [0.15, 0.2) is 0 Å². The maximum atomic E-state index is 4.16. The van der Waals surface area contributed by atoms with Crippen molar-refractivity contribution in [3.8, 4) is 0 Å². The van der Waals surface area contributed by atoms with Crippen molar-refractivity contribution in [3.05, 3.63) is 17.1 Å². The van der Waals surface area contributed by atoms with Gasteiger partial charge < -0.3 is 0 Å². The van der Waals surface area contributed by atoms with Gasteiger partial charge in [-0.1, -0.05) is 28.8 Å². The van der Waals surface area contributed by atoms with Crippen molar-refractivity contribution in [2.24, 2.45) is 5.41 Å². The first-order valence-corrected chi connectivity index (χ1v) is 6.70. The molecule has 1 aromatic rings. The molecule has 1 aromatic heterocycles. The molecule has 3 heteroatoms. The van der Waals surface area contributed by atoms with Crippen LogP contribution in [0.5, 0.6) is 0 Å². The molecule has 1 aliphatic rings. The summed E-state index contributed by atoms with van der Waals surface area (Å²) in [4.78, 5) is 1.45. The zero-order valence-electron chi connectivity index (χ0n) is 7.63. The normalized spacial score (nSPS) is 20.7. The molecule has 1 aliphatic carbocycles. The SMILES string of the molecule is BrCC1(Cc2ccns2)CCCC1. The van der Waals surface area contributed by atoms with Crippen LogP contribution in [0, 0.1) is 5.41 Å². The van der Waals surface area contributed by atoms with Gasteiger partial charge in [-0.25, -0.2) is 4.37 Å². The highest BCUT2D eigenvalue weighted by Crippen LogP contribution is 2.42. The van der Waals surface area contributed by atoms with Crippen LogP contribution in [0.25, 0.3) is 0 Å². The first-order valence-electron chi connectivity index (χ1n) is 4.80. The standard InChI is InChI=1S/C10H14BrNS/c11-8-10(4-1-2-5-10)7-9-3-6-12-13-9/h3,6H,1-2,4-5,7-8H2. The number of rotatable bonds is 3. The minimum Gasteiger partial charge on any atom is -0.201 e. The molecule has 0 atom stereocenters. The third-order valence-electron chi connectivity index (χ3n) is 2.99. The van der Waals surface area contributed by atoms with E-state index < -0.39 is 0 Å². The van der Waals surface area contributed by atoms with Gasteiger partial charge in [0.25, 0.3) is 0 Å². The number of nitrogens with zero attached hydrogens (tertiary/aromatic N) is 1. The van der Waals surface area contributed by atoms with Crippen molar-refractivity contribution in [3.63, 3.8) is 0 Å². The Hall–Kier alpha value is 0.110. The molecule has 0 saturated heterocycles. The molecule has 0 N–H and O–H groups in total. The molecule has 0 bridgehead atoms. The fraction of sp³-hybridized carbons (Fsp3) is 0.700. The fourth-order valence-electron chi connectivity index (χ4n) is 2.19. The summed E-state index contributed by atoms with van der Waals surface area (Å²) in [6.45, 7) is 0. The Balaban J connectivity index is 2.06. The van der Waals surface area contributed by atoms with Gasteiger partial charge in [0.1, 0.15) is 0 Å². The Bertz CT molecular complexity index is 252. The highest BCUT2D eigenvalue weighted by molar-refractivity contribution is 9.09. The van der Waals surface area contributed by atoms with E-state index >= 15 is 0 Å². The van der Waals surface area contributed by atoms with Crippen LogP contribution >= 0.6 is 27.5 Å². The van der Waals surface area contributed by atoms with E-state index in [1.807, 2.05) is 6.20 Å². The average Bonchev–Trinajstić information content (AvgIpc) is 2.77. The maximum absolute atomic E-state index is 4.16. The molecule has 0 aromatic carbocycles. The second-order valence-electron chi connectivity index (χ2n) is 4.00. The minimum atomic E-state index is 0.548. The molecule has 13 heavy (non-hydrogen) atoms. The third-order valence-corrected chi connectivity index (χ3v) is 4.92. The third kappa shape index (κ3) is 2.13. The number of hydrogen-bond donors (Lipinski definition) is 0. The van der Waals surface area contributed by atoms with Gasteiger partial charge in [0.05, 0.1) is 0 Å². The Morgan fingerprint density at radius 1 is 1.46 bits per heavy atom. The summed E-state index contributed by atoms with van der Waals surface area (Å²) in [7, 11) is 0. The number of hydrogen-bond acceptors (Lipinski definition) is 2. The summed E-state index contributed by atoms with van der Waals surface area (Å²) in [5.41, 5.74) is 0.548. The Kier molecular flexibility index (Phi) is 3.04. The molecular weight excluding hydrogens is 246 g/mol. The lowest BCUT2D eigenvalue weighted by molar-refractivity contribution is 0.349. The van der Waals surface area contributed by atoms with E-state index in [-0.39, 0.29) is 0 Å². The van der Waals surface area contributed by atoms with Gasteiger partial charge in [-0.15, -0.1) is 0 Å². The van der Waals surface area contributed by atoms with Crippen LogP contribution in [0.3, 0.4) is 0 Å². The predicted molar refractivity (Wildman–Crippen MR) is 60.5 cm³/mol. The van der Waals surface area contributed by atoms with Crippen molar-refractivity contribution in [2.45, 2.75) is 32.1 Å². The summed E-state index contributed by atoms with van der Waals surface area (Å²) in [5.74, 6) is 0. The summed E-state index contributed by atoms with van der Waals surface area (Å²) < 4.78 is 4.16. The lowest BCUT2D eigenvalue weighted by Crippen LogP contribution is -2.20. The van der Waals surface area contributed by atoms with Crippen LogP contribution in [-0.2, 0) is 6.42 Å². The second kappa shape index (κ2) is 4.09. The van der Waals surface area contributed by atoms with Gasteiger partial charge in [0.2, 0.25) is 0 Å². The maximum Gasteiger partial charge on any atom is 0.0409 e. The molecule has 1 fully saturated rings. The van der Waals surface area contributed by atoms with E-state index in [1.54, 1.807) is 11.5 Å². The van der Waals surface area contributed by atoms with Crippen LogP contribution in [0.15, 0.2) is 12.3 Å². The molecule has 1 nitrogen and oxygen atoms in total. The van der Waals surface area contributed by atoms with Crippen LogP contribution in [0.2, 0.25) is 0 Å². The zero-order valence-corrected chi connectivity index (χ0v) is 10.0. The molecule has 72 valence electrons. The van der Waals surface area contributed by atoms with Crippen molar-refractivity contribution in [2.75, 3.05) is 5.33 Å². The molecule has 0 amide bonds. The molecule has 0 spiro atoms. The summed E-state index contributed by atoms with van der Waals surface area (Å²) >= 11 is 5.32. The highest BCUT2D eigenvalue weighted by Gasteiger charge is 2.33. The van der Waals surface area contributed by atoms with E-state index in [0.717, 1.165) is 5.33 Å². The number of halogens is 1. The van der Waals surface area contributed by atoms with Crippen LogP contribution in [0.4, 0.5) is 0 Å². The smallest absolute Gasteiger partial charge is 0.0409 e. The van der Waals surface area contributed by atoms with Crippen molar-refractivity contribution >= 4 is 27.5 Å². The minimum absolute atomic E-state index is 0.548. The van der Waals surface area contributed by atoms with Crippen molar-refractivity contribution in [1.29, 1.82) is 0 Å². The largest absolute Gasteiger partial charge is 0.201 e. The molecule has 0 unspecified atom stereocenters. The average molecular weight is 260 g/mol. The van der Waals surface area contributed by atoms with E-state index in [9.17, 15) is 0 Å². The van der Waals surface area contributed by atoms with E-state index in [4.69, 9.17) is 0 Å². The summed E-state index contributed by atoms with van der Waals surface area (Å²) in [5, 5.41) is 1.15. The topological polar surface area (TPSA) is 12.9 Å². The Morgan fingerprint density at radius 3 is 2.77 bits per heavy atom. The Labute approximate surface area is 91.8 Å². The quantitative estimate of drug-likeness (QED) is 0.756. The van der Waals surface area contributed by atoms with Crippen molar-refractivity contribution in [1.82, 2.24) is 4.37 Å². The number of aromatic nitrogens is 1. The molecule has 1 heterocycles. The molecule has 0 aliphatic heterocycles. The number of alkyl halides is 1. The second-order valence-corrected chi connectivity index (χ2v) is 5.47. The van der Waals surface area contributed by atoms with Crippen LogP contribution in [0.1, 0.15) is 30.6 Å². The lowest BCUT2D eigenvalue weighted by atomic mass is 9.84. The van der Waals surface area contributed by atoms with E-state index in [2.05, 4.69) is 26.4 Å². The molecular formula is C10H14BrNS. The summed E-state index contributed by atoms with van der Waals surface area (Å²) in [6.07, 6.45) is 8.72. The van der Waals surface area contributed by atoms with Crippen LogP contribution < -0.4 is 0 Å². The molecule has 0 radical (unpaired) electrons. The Morgan fingerprint density at radius 2 is 2.23 bits per heavy atom. The van der Waals surface area contributed by atoms with E-state index in [1.165, 1.54) is 37.0 Å². The van der Waals surface area contributed by atoms with Crippen molar-refractivity contribution < 1.29 is 0 Å².